The van der Waals surface area contributed by atoms with Crippen molar-refractivity contribution in [2.75, 3.05) is 26.2 Å². The maximum atomic E-state index is 10.2. The van der Waals surface area contributed by atoms with Gasteiger partial charge in [0.25, 0.3) is 0 Å². The van der Waals surface area contributed by atoms with Crippen LogP contribution >= 0.6 is 0 Å². The van der Waals surface area contributed by atoms with E-state index in [0.29, 0.717) is 31.9 Å². The normalized spacial score (nSPS) is 26.8. The lowest BCUT2D eigenvalue weighted by Gasteiger charge is -2.33. The quantitative estimate of drug-likeness (QED) is 0.810. The summed E-state index contributed by atoms with van der Waals surface area (Å²) in [5.41, 5.74) is 6.65. The number of rotatable bonds is 6. The largest absolute Gasteiger partial charge is 0.491 e. The third-order valence-electron chi connectivity index (χ3n) is 4.21. The van der Waals surface area contributed by atoms with Crippen molar-refractivity contribution in [2.24, 2.45) is 5.73 Å². The molecule has 0 aliphatic carbocycles. The Morgan fingerprint density at radius 1 is 1.29 bits per heavy atom. The molecule has 3 N–H and O–H groups in total. The number of hydrogen-bond acceptors (Lipinski definition) is 5. The first-order chi connectivity index (χ1) is 10.2. The lowest BCUT2D eigenvalue weighted by atomic mass is 10.2. The van der Waals surface area contributed by atoms with Gasteiger partial charge in [0.05, 0.1) is 12.2 Å². The van der Waals surface area contributed by atoms with Gasteiger partial charge in [-0.25, -0.2) is 0 Å². The van der Waals surface area contributed by atoms with E-state index in [1.807, 2.05) is 24.3 Å². The van der Waals surface area contributed by atoms with Crippen molar-refractivity contribution in [3.63, 3.8) is 0 Å². The van der Waals surface area contributed by atoms with E-state index in [9.17, 15) is 5.11 Å². The Balaban J connectivity index is 1.47. The van der Waals surface area contributed by atoms with Crippen molar-refractivity contribution in [2.45, 2.75) is 37.7 Å². The van der Waals surface area contributed by atoms with Crippen LogP contribution in [-0.2, 0) is 11.3 Å². The van der Waals surface area contributed by atoms with Gasteiger partial charge in [-0.2, -0.15) is 0 Å². The minimum Gasteiger partial charge on any atom is -0.491 e. The number of benzene rings is 1. The minimum atomic E-state index is -0.492. The third kappa shape index (κ3) is 3.74. The highest BCUT2D eigenvalue weighted by atomic mass is 16.5. The van der Waals surface area contributed by atoms with Crippen LogP contribution in [0.2, 0.25) is 0 Å². The van der Waals surface area contributed by atoms with E-state index in [1.165, 1.54) is 0 Å². The van der Waals surface area contributed by atoms with Crippen LogP contribution in [0.25, 0.3) is 0 Å². The second kappa shape index (κ2) is 6.75. The molecule has 0 spiro atoms. The van der Waals surface area contributed by atoms with Gasteiger partial charge in [-0.05, 0) is 18.9 Å². The number of fused-ring (bicyclic) bond motifs is 2. The molecule has 3 unspecified atom stereocenters. The fraction of sp³-hybridized carbons (Fsp3) is 0.625. The Labute approximate surface area is 125 Å². The van der Waals surface area contributed by atoms with E-state index >= 15 is 0 Å². The standard InChI is InChI=1S/C16H24N2O3/c17-7-12-3-1-2-4-16(12)20-11-13(19)8-18-9-14-5-6-15(10-18)21-14/h1-4,13-15,19H,5-11,17H2. The van der Waals surface area contributed by atoms with Crippen LogP contribution in [0.4, 0.5) is 0 Å². The van der Waals surface area contributed by atoms with E-state index < -0.39 is 6.10 Å². The van der Waals surface area contributed by atoms with Gasteiger partial charge in [0.1, 0.15) is 18.5 Å². The maximum Gasteiger partial charge on any atom is 0.123 e. The van der Waals surface area contributed by atoms with E-state index in [4.69, 9.17) is 15.2 Å². The number of morpholine rings is 1. The Kier molecular flexibility index (Phi) is 4.75. The summed E-state index contributed by atoms with van der Waals surface area (Å²) in [5.74, 6) is 0.765. The number of hydrogen-bond donors (Lipinski definition) is 2. The number of nitrogens with two attached hydrogens (primary N) is 1. The molecular weight excluding hydrogens is 268 g/mol. The van der Waals surface area contributed by atoms with Gasteiger partial charge in [-0.3, -0.25) is 4.90 Å². The molecule has 1 aromatic carbocycles. The van der Waals surface area contributed by atoms with Gasteiger partial charge in [0.2, 0.25) is 0 Å². The van der Waals surface area contributed by atoms with Crippen LogP contribution < -0.4 is 10.5 Å². The number of β-amino-alcohol motifs (C(OH)–C–C–N with tert-alkyl or cyclic N) is 1. The van der Waals surface area contributed by atoms with Crippen LogP contribution in [0, 0.1) is 0 Å². The molecule has 2 fully saturated rings. The molecule has 3 rings (SSSR count). The van der Waals surface area contributed by atoms with Crippen molar-refractivity contribution in [3.05, 3.63) is 29.8 Å². The van der Waals surface area contributed by atoms with E-state index in [2.05, 4.69) is 4.90 Å². The summed E-state index contributed by atoms with van der Waals surface area (Å²) in [6.07, 6.45) is 2.52. The summed E-state index contributed by atoms with van der Waals surface area (Å²) in [5, 5.41) is 10.2. The monoisotopic (exact) mass is 292 g/mol. The highest BCUT2D eigenvalue weighted by Gasteiger charge is 2.34. The van der Waals surface area contributed by atoms with Gasteiger partial charge in [-0.1, -0.05) is 18.2 Å². The van der Waals surface area contributed by atoms with E-state index in [1.54, 1.807) is 0 Å². The molecule has 21 heavy (non-hydrogen) atoms. The molecule has 0 saturated carbocycles. The molecule has 1 aromatic rings. The van der Waals surface area contributed by atoms with Gasteiger partial charge in [-0.15, -0.1) is 0 Å². The van der Waals surface area contributed by atoms with Gasteiger partial charge >= 0.3 is 0 Å². The average Bonchev–Trinajstić information content (AvgIpc) is 2.84. The molecule has 5 heteroatoms. The molecule has 2 saturated heterocycles. The van der Waals surface area contributed by atoms with Crippen LogP contribution in [0.5, 0.6) is 5.75 Å². The molecule has 2 aliphatic heterocycles. The Morgan fingerprint density at radius 2 is 2.00 bits per heavy atom. The summed E-state index contributed by atoms with van der Waals surface area (Å²) < 4.78 is 11.5. The maximum absolute atomic E-state index is 10.2. The van der Waals surface area contributed by atoms with Crippen LogP contribution in [0.3, 0.4) is 0 Å². The highest BCUT2D eigenvalue weighted by molar-refractivity contribution is 5.32. The number of para-hydroxylation sites is 1. The van der Waals surface area contributed by atoms with Crippen molar-refractivity contribution in [3.8, 4) is 5.75 Å². The lowest BCUT2D eigenvalue weighted by Crippen LogP contribution is -2.46. The topological polar surface area (TPSA) is 68.0 Å². The zero-order chi connectivity index (χ0) is 14.7. The fourth-order valence-electron chi connectivity index (χ4n) is 3.20. The van der Waals surface area contributed by atoms with E-state index in [0.717, 1.165) is 37.2 Å². The second-order valence-corrected chi connectivity index (χ2v) is 5.95. The Hall–Kier alpha value is -1.14. The highest BCUT2D eigenvalue weighted by Crippen LogP contribution is 2.26. The Bertz CT molecular complexity index is 457. The van der Waals surface area contributed by atoms with Gasteiger partial charge in [0, 0.05) is 31.7 Å². The number of nitrogens with zero attached hydrogens (tertiary/aromatic N) is 1. The zero-order valence-electron chi connectivity index (χ0n) is 12.3. The van der Waals surface area contributed by atoms with Crippen molar-refractivity contribution in [1.82, 2.24) is 4.90 Å². The fourth-order valence-corrected chi connectivity index (χ4v) is 3.20. The predicted octanol–water partition coefficient (Wildman–Crippen LogP) is 0.748. The summed E-state index contributed by atoms with van der Waals surface area (Å²) in [6.45, 7) is 3.23. The molecule has 3 atom stereocenters. The number of aliphatic hydroxyl groups is 1. The molecule has 5 nitrogen and oxygen atoms in total. The summed E-state index contributed by atoms with van der Waals surface area (Å²) in [4.78, 5) is 2.29. The van der Waals surface area contributed by atoms with Gasteiger partial charge < -0.3 is 20.3 Å². The molecule has 116 valence electrons. The van der Waals surface area contributed by atoms with Gasteiger partial charge in [0.15, 0.2) is 0 Å². The molecular formula is C16H24N2O3. The van der Waals surface area contributed by atoms with E-state index in [-0.39, 0.29) is 0 Å². The first-order valence-corrected chi connectivity index (χ1v) is 7.71. The van der Waals surface area contributed by atoms with Crippen molar-refractivity contribution in [1.29, 1.82) is 0 Å². The summed E-state index contributed by atoms with van der Waals surface area (Å²) >= 11 is 0. The second-order valence-electron chi connectivity index (χ2n) is 5.95. The molecule has 2 aliphatic rings. The van der Waals surface area contributed by atoms with Crippen molar-refractivity contribution < 1.29 is 14.6 Å². The molecule has 2 heterocycles. The molecule has 2 bridgehead atoms. The molecule has 0 aromatic heterocycles. The van der Waals surface area contributed by atoms with Crippen molar-refractivity contribution >= 4 is 0 Å². The molecule has 0 radical (unpaired) electrons. The number of likely N-dealkylation sites (tertiary alicyclic amines) is 1. The first-order valence-electron chi connectivity index (χ1n) is 7.71. The average molecular weight is 292 g/mol. The van der Waals surface area contributed by atoms with Crippen LogP contribution in [0.15, 0.2) is 24.3 Å². The number of aliphatic hydroxyl groups excluding tert-OH is 1. The third-order valence-corrected chi connectivity index (χ3v) is 4.21. The summed E-state index contributed by atoms with van der Waals surface area (Å²) in [7, 11) is 0. The predicted molar refractivity (Wildman–Crippen MR) is 80.2 cm³/mol. The minimum absolute atomic E-state index is 0.295. The van der Waals surface area contributed by atoms with Crippen LogP contribution in [-0.4, -0.2) is 54.6 Å². The Morgan fingerprint density at radius 3 is 2.71 bits per heavy atom. The SMILES string of the molecule is NCc1ccccc1OCC(O)CN1CC2CCC(C1)O2. The first kappa shape index (κ1) is 14.8. The summed E-state index contributed by atoms with van der Waals surface area (Å²) in [6, 6.07) is 7.70. The smallest absolute Gasteiger partial charge is 0.123 e. The lowest BCUT2D eigenvalue weighted by molar-refractivity contribution is -0.0528. The van der Waals surface area contributed by atoms with Crippen LogP contribution in [0.1, 0.15) is 18.4 Å². The number of ether oxygens (including phenoxy) is 2. The molecule has 0 amide bonds. The zero-order valence-corrected chi connectivity index (χ0v) is 12.3.